The summed E-state index contributed by atoms with van der Waals surface area (Å²) in [6, 6.07) is 3.81. The van der Waals surface area contributed by atoms with E-state index in [2.05, 4.69) is 5.32 Å². The Morgan fingerprint density at radius 3 is 2.58 bits per heavy atom. The normalized spacial score (nSPS) is 9.89. The largest absolute Gasteiger partial charge is 1.00 e. The Morgan fingerprint density at radius 2 is 2.00 bits per heavy atom. The quantitative estimate of drug-likeness (QED) is 0.657. The van der Waals surface area contributed by atoms with Gasteiger partial charge in [-0.05, 0) is 24.6 Å². The molecule has 1 aromatic carbocycles. The van der Waals surface area contributed by atoms with Crippen molar-refractivity contribution in [3.05, 3.63) is 22.7 Å². The van der Waals surface area contributed by atoms with Crippen molar-refractivity contribution >= 4 is 11.6 Å². The molecule has 0 unspecified atom stereocenters. The van der Waals surface area contributed by atoms with Crippen LogP contribution < -0.4 is 27.2 Å². The number of nitrogens with one attached hydrogen (secondary N) is 1. The minimum Gasteiger partial charge on any atom is -1.00 e. The Kier molecular flexibility index (Phi) is 9.79. The fourth-order valence-electron chi connectivity index (χ4n) is 1.57. The monoisotopic (exact) mass is 308 g/mol. The van der Waals surface area contributed by atoms with Gasteiger partial charge in [0.15, 0.2) is 11.5 Å². The topological polar surface area (TPSA) is 39.7 Å². The molecule has 0 aliphatic heterocycles. The van der Waals surface area contributed by atoms with Gasteiger partial charge in [-0.2, -0.15) is 0 Å². The Balaban J connectivity index is 0.00000324. The summed E-state index contributed by atoms with van der Waals surface area (Å²) in [6.07, 6.45) is 0. The van der Waals surface area contributed by atoms with Crippen LogP contribution in [0.3, 0.4) is 0 Å². The molecule has 1 rings (SSSR count). The molecule has 0 radical (unpaired) electrons. The van der Waals surface area contributed by atoms with Crippen LogP contribution in [0.5, 0.6) is 11.5 Å². The van der Waals surface area contributed by atoms with Gasteiger partial charge in [-0.3, -0.25) is 0 Å². The van der Waals surface area contributed by atoms with Gasteiger partial charge in [0.2, 0.25) is 0 Å². The summed E-state index contributed by atoms with van der Waals surface area (Å²) < 4.78 is 15.7. The molecule has 1 aromatic rings. The van der Waals surface area contributed by atoms with Crippen molar-refractivity contribution in [3.63, 3.8) is 0 Å². The number of methoxy groups -OCH3 is 2. The third kappa shape index (κ3) is 5.87. The van der Waals surface area contributed by atoms with Gasteiger partial charge < -0.3 is 31.9 Å². The molecule has 0 spiro atoms. The summed E-state index contributed by atoms with van der Waals surface area (Å²) in [5.41, 5.74) is 1.05. The molecule has 4 nitrogen and oxygen atoms in total. The molecular formula is C13H20Cl2NO3-. The summed E-state index contributed by atoms with van der Waals surface area (Å²) in [7, 11) is 3.29. The third-order valence-corrected chi connectivity index (χ3v) is 2.67. The maximum Gasteiger partial charge on any atom is 0.179 e. The third-order valence-electron chi connectivity index (χ3n) is 2.39. The minimum atomic E-state index is 0. The summed E-state index contributed by atoms with van der Waals surface area (Å²) in [4.78, 5) is 0. The second-order valence-corrected chi connectivity index (χ2v) is 4.12. The first kappa shape index (κ1) is 18.3. The molecule has 0 saturated carbocycles. The number of halogens is 2. The average molecular weight is 309 g/mol. The van der Waals surface area contributed by atoms with Gasteiger partial charge in [-0.15, -0.1) is 0 Å². The van der Waals surface area contributed by atoms with Crippen molar-refractivity contribution in [1.82, 2.24) is 5.32 Å². The molecule has 0 fully saturated rings. The average Bonchev–Trinajstić information content (AvgIpc) is 2.37. The molecular weight excluding hydrogens is 289 g/mol. The van der Waals surface area contributed by atoms with E-state index >= 15 is 0 Å². The number of rotatable bonds is 8. The number of hydrogen-bond acceptors (Lipinski definition) is 4. The van der Waals surface area contributed by atoms with Gasteiger partial charge in [0.1, 0.15) is 0 Å². The van der Waals surface area contributed by atoms with Crippen molar-refractivity contribution in [2.45, 2.75) is 13.5 Å². The van der Waals surface area contributed by atoms with Gasteiger partial charge in [0, 0.05) is 20.2 Å². The molecule has 0 atom stereocenters. The zero-order valence-corrected chi connectivity index (χ0v) is 13.0. The van der Waals surface area contributed by atoms with Crippen molar-refractivity contribution in [1.29, 1.82) is 0 Å². The highest BCUT2D eigenvalue weighted by molar-refractivity contribution is 6.32. The fraction of sp³-hybridized carbons (Fsp3) is 0.538. The Bertz CT molecular complexity index is 375. The molecule has 19 heavy (non-hydrogen) atoms. The SMILES string of the molecule is CCOc1c(Cl)cc(CNCCOC)cc1OC.[Cl-]. The molecule has 0 aromatic heterocycles. The van der Waals surface area contributed by atoms with Crippen molar-refractivity contribution in [3.8, 4) is 11.5 Å². The van der Waals surface area contributed by atoms with Crippen molar-refractivity contribution < 1.29 is 26.6 Å². The highest BCUT2D eigenvalue weighted by atomic mass is 35.5. The van der Waals surface area contributed by atoms with Crippen LogP contribution in [-0.4, -0.2) is 34.0 Å². The standard InChI is InChI=1S/C13H20ClNO3.ClH/c1-4-18-13-11(14)7-10(8-12(13)17-3)9-15-5-6-16-2;/h7-8,15H,4-6,9H2,1-3H3;1H/p-1. The van der Waals surface area contributed by atoms with Gasteiger partial charge in [-0.25, -0.2) is 0 Å². The Morgan fingerprint density at radius 1 is 1.26 bits per heavy atom. The molecule has 0 bridgehead atoms. The first-order valence-electron chi connectivity index (χ1n) is 5.91. The van der Waals surface area contributed by atoms with E-state index in [1.807, 2.05) is 19.1 Å². The number of benzene rings is 1. The van der Waals surface area contributed by atoms with Crippen LogP contribution >= 0.6 is 11.6 Å². The van der Waals surface area contributed by atoms with E-state index in [1.165, 1.54) is 0 Å². The molecule has 0 saturated heterocycles. The van der Waals surface area contributed by atoms with Gasteiger partial charge in [-0.1, -0.05) is 11.6 Å². The molecule has 0 amide bonds. The lowest BCUT2D eigenvalue weighted by molar-refractivity contribution is -0.00000479. The van der Waals surface area contributed by atoms with Gasteiger partial charge in [0.05, 0.1) is 25.3 Å². The lowest BCUT2D eigenvalue weighted by Crippen LogP contribution is -3.00. The Hall–Kier alpha value is -0.680. The van der Waals surface area contributed by atoms with Crippen LogP contribution in [0.1, 0.15) is 12.5 Å². The van der Waals surface area contributed by atoms with Crippen LogP contribution in [-0.2, 0) is 11.3 Å². The predicted octanol–water partition coefficient (Wildman–Crippen LogP) is -0.513. The van der Waals surface area contributed by atoms with Gasteiger partial charge in [0.25, 0.3) is 0 Å². The van der Waals surface area contributed by atoms with Crippen molar-refractivity contribution in [2.24, 2.45) is 0 Å². The molecule has 0 aliphatic carbocycles. The van der Waals surface area contributed by atoms with Gasteiger partial charge >= 0.3 is 0 Å². The van der Waals surface area contributed by atoms with E-state index in [0.717, 1.165) is 12.1 Å². The van der Waals surface area contributed by atoms with E-state index in [0.29, 0.717) is 36.3 Å². The summed E-state index contributed by atoms with van der Waals surface area (Å²) >= 11 is 6.17. The lowest BCUT2D eigenvalue weighted by atomic mass is 10.2. The van der Waals surface area contributed by atoms with E-state index in [1.54, 1.807) is 14.2 Å². The first-order valence-corrected chi connectivity index (χ1v) is 6.29. The van der Waals surface area contributed by atoms with E-state index in [-0.39, 0.29) is 12.4 Å². The Labute approximate surface area is 125 Å². The molecule has 110 valence electrons. The fourth-order valence-corrected chi connectivity index (χ4v) is 1.85. The zero-order valence-electron chi connectivity index (χ0n) is 11.5. The smallest absolute Gasteiger partial charge is 0.179 e. The number of hydrogen-bond donors (Lipinski definition) is 1. The van der Waals surface area contributed by atoms with Crippen LogP contribution in [0, 0.1) is 0 Å². The molecule has 0 heterocycles. The molecule has 0 aliphatic rings. The summed E-state index contributed by atoms with van der Waals surface area (Å²) in [5, 5.41) is 3.82. The lowest BCUT2D eigenvalue weighted by Gasteiger charge is -2.13. The molecule has 6 heteroatoms. The summed E-state index contributed by atoms with van der Waals surface area (Å²) in [5.74, 6) is 1.26. The molecule has 1 N–H and O–H groups in total. The first-order chi connectivity index (χ1) is 8.72. The van der Waals surface area contributed by atoms with Crippen LogP contribution in [0.15, 0.2) is 12.1 Å². The van der Waals surface area contributed by atoms with Crippen LogP contribution in [0.2, 0.25) is 5.02 Å². The number of ether oxygens (including phenoxy) is 3. The summed E-state index contributed by atoms with van der Waals surface area (Å²) in [6.45, 7) is 4.66. The van der Waals surface area contributed by atoms with Crippen LogP contribution in [0.25, 0.3) is 0 Å². The highest BCUT2D eigenvalue weighted by Gasteiger charge is 2.11. The minimum absolute atomic E-state index is 0. The van der Waals surface area contributed by atoms with Crippen LogP contribution in [0.4, 0.5) is 0 Å². The maximum atomic E-state index is 6.17. The zero-order chi connectivity index (χ0) is 13.4. The second kappa shape index (κ2) is 10.1. The predicted molar refractivity (Wildman–Crippen MR) is 72.8 cm³/mol. The second-order valence-electron chi connectivity index (χ2n) is 3.71. The van der Waals surface area contributed by atoms with Crippen molar-refractivity contribution in [2.75, 3.05) is 34.0 Å². The van der Waals surface area contributed by atoms with E-state index < -0.39 is 0 Å². The van der Waals surface area contributed by atoms with E-state index in [4.69, 9.17) is 25.8 Å². The maximum absolute atomic E-state index is 6.17. The van der Waals surface area contributed by atoms with E-state index in [9.17, 15) is 0 Å². The highest BCUT2D eigenvalue weighted by Crippen LogP contribution is 2.36.